The fraction of sp³-hybridized carbons (Fsp3) is 0.467. The van der Waals surface area contributed by atoms with Crippen molar-refractivity contribution in [2.45, 2.75) is 19.8 Å². The second-order valence-electron chi connectivity index (χ2n) is 4.87. The van der Waals surface area contributed by atoms with Gasteiger partial charge in [0.15, 0.2) is 11.5 Å². The molecule has 7 heteroatoms. The van der Waals surface area contributed by atoms with Crippen LogP contribution in [0.2, 0.25) is 5.02 Å². The summed E-state index contributed by atoms with van der Waals surface area (Å²) in [6.45, 7) is 3.50. The molecular weight excluding hydrogens is 308 g/mol. The van der Waals surface area contributed by atoms with Crippen LogP contribution in [0.15, 0.2) is 12.1 Å². The molecule has 0 radical (unpaired) electrons. The molecule has 0 fully saturated rings. The van der Waals surface area contributed by atoms with E-state index in [-0.39, 0.29) is 18.4 Å². The fourth-order valence-corrected chi connectivity index (χ4v) is 2.22. The van der Waals surface area contributed by atoms with Gasteiger partial charge in [-0.2, -0.15) is 0 Å². The van der Waals surface area contributed by atoms with Crippen LogP contribution in [0.25, 0.3) is 0 Å². The summed E-state index contributed by atoms with van der Waals surface area (Å²) in [5.41, 5.74) is 0.331. The first-order valence-corrected chi connectivity index (χ1v) is 7.63. The Bertz CT molecular complexity index is 563. The summed E-state index contributed by atoms with van der Waals surface area (Å²) in [6.07, 6.45) is 1.60. The van der Waals surface area contributed by atoms with Crippen LogP contribution in [0.5, 0.6) is 11.5 Å². The van der Waals surface area contributed by atoms with Gasteiger partial charge in [0.05, 0.1) is 24.8 Å². The average molecular weight is 327 g/mol. The molecule has 1 aliphatic rings. The molecule has 6 nitrogen and oxygen atoms in total. The molecule has 1 aliphatic heterocycles. The van der Waals surface area contributed by atoms with Gasteiger partial charge in [-0.1, -0.05) is 18.5 Å². The standard InChI is InChI=1S/C15H19ClN2O4/c1-2-4-17-13(19)9-18-15(20)10-7-11(16)14-12(8-10)21-5-3-6-22-14/h7-8H,2-6,9H2,1H3,(H,17,19)(H,18,20). The summed E-state index contributed by atoms with van der Waals surface area (Å²) in [7, 11) is 0. The van der Waals surface area contributed by atoms with Gasteiger partial charge in [-0.3, -0.25) is 9.59 Å². The molecular formula is C15H19ClN2O4. The summed E-state index contributed by atoms with van der Waals surface area (Å²) < 4.78 is 11.0. The van der Waals surface area contributed by atoms with E-state index in [2.05, 4.69) is 10.6 Å². The van der Waals surface area contributed by atoms with Crippen LogP contribution in [0.3, 0.4) is 0 Å². The van der Waals surface area contributed by atoms with E-state index in [4.69, 9.17) is 21.1 Å². The molecule has 2 rings (SSSR count). The van der Waals surface area contributed by atoms with Crippen LogP contribution in [0.1, 0.15) is 30.1 Å². The van der Waals surface area contributed by atoms with Gasteiger partial charge in [-0.15, -0.1) is 0 Å². The lowest BCUT2D eigenvalue weighted by Gasteiger charge is -2.11. The lowest BCUT2D eigenvalue weighted by molar-refractivity contribution is -0.120. The molecule has 1 aromatic rings. The molecule has 2 amide bonds. The first-order chi connectivity index (χ1) is 10.6. The Kier molecular flexibility index (Phi) is 5.89. The van der Waals surface area contributed by atoms with Gasteiger partial charge in [-0.25, -0.2) is 0 Å². The topological polar surface area (TPSA) is 76.7 Å². The molecule has 1 heterocycles. The molecule has 2 N–H and O–H groups in total. The van der Waals surface area contributed by atoms with Crippen LogP contribution in [0, 0.1) is 0 Å². The molecule has 0 spiro atoms. The second-order valence-corrected chi connectivity index (χ2v) is 5.28. The van der Waals surface area contributed by atoms with E-state index in [0.717, 1.165) is 12.8 Å². The van der Waals surface area contributed by atoms with Gasteiger partial charge in [0.2, 0.25) is 5.91 Å². The number of nitrogens with one attached hydrogen (secondary N) is 2. The van der Waals surface area contributed by atoms with Crippen molar-refractivity contribution < 1.29 is 19.1 Å². The highest BCUT2D eigenvalue weighted by Crippen LogP contribution is 2.37. The van der Waals surface area contributed by atoms with Crippen molar-refractivity contribution in [3.05, 3.63) is 22.7 Å². The number of ether oxygens (including phenoxy) is 2. The van der Waals surface area contributed by atoms with Crippen LogP contribution >= 0.6 is 11.6 Å². The highest BCUT2D eigenvalue weighted by atomic mass is 35.5. The number of fused-ring (bicyclic) bond motifs is 1. The van der Waals surface area contributed by atoms with E-state index in [9.17, 15) is 9.59 Å². The Morgan fingerprint density at radius 1 is 1.23 bits per heavy atom. The molecule has 0 bridgehead atoms. The molecule has 0 saturated heterocycles. The van der Waals surface area contributed by atoms with Crippen molar-refractivity contribution in [1.29, 1.82) is 0 Å². The smallest absolute Gasteiger partial charge is 0.251 e. The molecule has 120 valence electrons. The van der Waals surface area contributed by atoms with Gasteiger partial charge in [0.1, 0.15) is 0 Å². The third-order valence-electron chi connectivity index (χ3n) is 3.05. The van der Waals surface area contributed by atoms with Crippen LogP contribution in [-0.4, -0.2) is 38.1 Å². The summed E-state index contributed by atoms with van der Waals surface area (Å²) >= 11 is 6.13. The van der Waals surface area contributed by atoms with E-state index in [1.54, 1.807) is 6.07 Å². The molecule has 0 saturated carbocycles. The number of carbonyl (C=O) groups is 2. The normalized spacial score (nSPS) is 13.2. The molecule has 0 aliphatic carbocycles. The highest BCUT2D eigenvalue weighted by Gasteiger charge is 2.18. The number of hydrogen-bond donors (Lipinski definition) is 2. The fourth-order valence-electron chi connectivity index (χ4n) is 1.95. The van der Waals surface area contributed by atoms with Crippen LogP contribution < -0.4 is 20.1 Å². The number of carbonyl (C=O) groups excluding carboxylic acids is 2. The number of halogens is 1. The van der Waals surface area contributed by atoms with Crippen LogP contribution in [0.4, 0.5) is 0 Å². The first-order valence-electron chi connectivity index (χ1n) is 7.26. The monoisotopic (exact) mass is 326 g/mol. The number of benzene rings is 1. The minimum Gasteiger partial charge on any atom is -0.489 e. The van der Waals surface area contributed by atoms with Gasteiger partial charge < -0.3 is 20.1 Å². The zero-order valence-corrected chi connectivity index (χ0v) is 13.2. The maximum Gasteiger partial charge on any atom is 0.251 e. The third kappa shape index (κ3) is 4.27. The lowest BCUT2D eigenvalue weighted by atomic mass is 10.2. The van der Waals surface area contributed by atoms with Crippen molar-refractivity contribution in [1.82, 2.24) is 10.6 Å². The first kappa shape index (κ1) is 16.4. The van der Waals surface area contributed by atoms with Crippen molar-refractivity contribution in [3.63, 3.8) is 0 Å². The molecule has 22 heavy (non-hydrogen) atoms. The quantitative estimate of drug-likeness (QED) is 0.864. The molecule has 0 atom stereocenters. The van der Waals surface area contributed by atoms with Crippen LogP contribution in [-0.2, 0) is 4.79 Å². The molecule has 0 aromatic heterocycles. The minimum atomic E-state index is -0.385. The number of hydrogen-bond acceptors (Lipinski definition) is 4. The summed E-state index contributed by atoms with van der Waals surface area (Å²) in [6, 6.07) is 3.08. The van der Waals surface area contributed by atoms with Crippen molar-refractivity contribution in [3.8, 4) is 11.5 Å². The minimum absolute atomic E-state index is 0.0785. The maximum atomic E-state index is 12.1. The number of amides is 2. The second kappa shape index (κ2) is 7.89. The van der Waals surface area contributed by atoms with Gasteiger partial charge in [0.25, 0.3) is 5.91 Å². The van der Waals surface area contributed by atoms with Gasteiger partial charge >= 0.3 is 0 Å². The van der Waals surface area contributed by atoms with Crippen molar-refractivity contribution in [2.24, 2.45) is 0 Å². The summed E-state index contributed by atoms with van der Waals surface area (Å²) in [4.78, 5) is 23.6. The largest absolute Gasteiger partial charge is 0.489 e. The summed E-state index contributed by atoms with van der Waals surface area (Å²) in [5, 5.41) is 5.56. The highest BCUT2D eigenvalue weighted by molar-refractivity contribution is 6.32. The van der Waals surface area contributed by atoms with E-state index in [1.807, 2.05) is 6.92 Å². The zero-order valence-electron chi connectivity index (χ0n) is 12.4. The molecule has 1 aromatic carbocycles. The molecule has 0 unspecified atom stereocenters. The van der Waals surface area contributed by atoms with E-state index >= 15 is 0 Å². The average Bonchev–Trinajstić information content (AvgIpc) is 2.76. The number of rotatable bonds is 5. The Morgan fingerprint density at radius 2 is 2.00 bits per heavy atom. The predicted octanol–water partition coefficient (Wildman–Crippen LogP) is 1.76. The lowest BCUT2D eigenvalue weighted by Crippen LogP contribution is -2.37. The Morgan fingerprint density at radius 3 is 2.77 bits per heavy atom. The van der Waals surface area contributed by atoms with Crippen molar-refractivity contribution >= 4 is 23.4 Å². The Balaban J connectivity index is 2.02. The van der Waals surface area contributed by atoms with Gasteiger partial charge in [-0.05, 0) is 18.6 Å². The van der Waals surface area contributed by atoms with Gasteiger partial charge in [0, 0.05) is 18.5 Å². The zero-order chi connectivity index (χ0) is 15.9. The SMILES string of the molecule is CCCNC(=O)CNC(=O)c1cc(Cl)c2c(c1)OCCCO2. The maximum absolute atomic E-state index is 12.1. The summed E-state index contributed by atoms with van der Waals surface area (Å²) in [5.74, 6) is 0.293. The van der Waals surface area contributed by atoms with E-state index < -0.39 is 0 Å². The van der Waals surface area contributed by atoms with E-state index in [1.165, 1.54) is 6.07 Å². The predicted molar refractivity (Wildman–Crippen MR) is 82.7 cm³/mol. The third-order valence-corrected chi connectivity index (χ3v) is 3.33. The Hall–Kier alpha value is -1.95. The van der Waals surface area contributed by atoms with E-state index in [0.29, 0.717) is 41.8 Å². The van der Waals surface area contributed by atoms with Crippen molar-refractivity contribution in [2.75, 3.05) is 26.3 Å². The Labute approximate surface area is 134 Å².